The number of benzene rings is 3. The van der Waals surface area contributed by atoms with Crippen molar-refractivity contribution in [3.05, 3.63) is 56.5 Å². The Hall–Kier alpha value is -0.860. The second kappa shape index (κ2) is 17.7. The Kier molecular flexibility index (Phi) is 14.7. The third-order valence-electron chi connectivity index (χ3n) is 8.14. The molecular formula is C35H50Br2. The fourth-order valence-corrected chi connectivity index (χ4v) is 7.50. The predicted octanol–water partition coefficient (Wildman–Crippen LogP) is 13.4. The molecule has 0 radical (unpaired) electrons. The van der Waals surface area contributed by atoms with Crippen molar-refractivity contribution < 1.29 is 0 Å². The van der Waals surface area contributed by atoms with Crippen LogP contribution in [0.15, 0.2) is 45.3 Å². The Morgan fingerprint density at radius 2 is 0.892 bits per heavy atom. The van der Waals surface area contributed by atoms with E-state index in [1.54, 1.807) is 0 Å². The fourth-order valence-electron chi connectivity index (χ4n) is 5.84. The highest BCUT2D eigenvalue weighted by atomic mass is 79.9. The minimum absolute atomic E-state index is 1.17. The van der Waals surface area contributed by atoms with Crippen LogP contribution in [0.2, 0.25) is 0 Å². The molecule has 0 heterocycles. The lowest BCUT2D eigenvalue weighted by Gasteiger charge is -2.16. The van der Waals surface area contributed by atoms with E-state index in [4.69, 9.17) is 0 Å². The average molecular weight is 631 g/mol. The van der Waals surface area contributed by atoms with Crippen LogP contribution < -0.4 is 0 Å². The number of aryl methyl sites for hydroxylation is 2. The van der Waals surface area contributed by atoms with Crippen molar-refractivity contribution in [1.82, 2.24) is 0 Å². The number of hydrogen-bond acceptors (Lipinski definition) is 0. The molecule has 0 aromatic heterocycles. The fraction of sp³-hybridized carbons (Fsp3) is 0.600. The third-order valence-corrected chi connectivity index (χ3v) is 9.79. The average Bonchev–Trinajstić information content (AvgIpc) is 2.91. The van der Waals surface area contributed by atoms with E-state index in [1.165, 1.54) is 164 Å². The van der Waals surface area contributed by atoms with Crippen molar-refractivity contribution in [1.29, 1.82) is 0 Å². The molecule has 3 rings (SSSR count). The first-order valence-electron chi connectivity index (χ1n) is 15.4. The minimum Gasteiger partial charge on any atom is -0.0654 e. The molecule has 3 aromatic carbocycles. The lowest BCUT2D eigenvalue weighted by Crippen LogP contribution is -1.94. The third kappa shape index (κ3) is 9.68. The zero-order valence-electron chi connectivity index (χ0n) is 23.7. The van der Waals surface area contributed by atoms with E-state index in [-0.39, 0.29) is 0 Å². The van der Waals surface area contributed by atoms with Gasteiger partial charge in [0.1, 0.15) is 0 Å². The van der Waals surface area contributed by atoms with Crippen molar-refractivity contribution >= 4 is 53.4 Å². The maximum absolute atomic E-state index is 3.98. The summed E-state index contributed by atoms with van der Waals surface area (Å²) in [6, 6.07) is 13.4. The molecular weight excluding hydrogens is 580 g/mol. The smallest absolute Gasteiger partial charge is 0.0335 e. The van der Waals surface area contributed by atoms with E-state index in [9.17, 15) is 0 Å². The molecule has 0 atom stereocenters. The quantitative estimate of drug-likeness (QED) is 0.0913. The van der Waals surface area contributed by atoms with Gasteiger partial charge in [-0.3, -0.25) is 0 Å². The summed E-state index contributed by atoms with van der Waals surface area (Å²) < 4.78 is 2.49. The van der Waals surface area contributed by atoms with Crippen molar-refractivity contribution in [2.75, 3.05) is 0 Å². The van der Waals surface area contributed by atoms with E-state index < -0.39 is 0 Å². The van der Waals surface area contributed by atoms with Crippen molar-refractivity contribution in [3.8, 4) is 0 Å². The molecule has 0 aliphatic heterocycles. The largest absolute Gasteiger partial charge is 0.0654 e. The highest BCUT2D eigenvalue weighted by Crippen LogP contribution is 2.42. The van der Waals surface area contributed by atoms with Crippen LogP contribution in [0.3, 0.4) is 0 Å². The van der Waals surface area contributed by atoms with E-state index in [1.807, 2.05) is 0 Å². The van der Waals surface area contributed by atoms with Crippen LogP contribution in [0.5, 0.6) is 0 Å². The van der Waals surface area contributed by atoms with E-state index in [0.29, 0.717) is 0 Å². The summed E-state index contributed by atoms with van der Waals surface area (Å²) >= 11 is 7.91. The highest BCUT2D eigenvalue weighted by Gasteiger charge is 2.15. The summed E-state index contributed by atoms with van der Waals surface area (Å²) in [6.45, 7) is 4.53. The summed E-state index contributed by atoms with van der Waals surface area (Å²) in [5, 5.41) is 5.35. The normalized spacial score (nSPS) is 11.7. The second-order valence-electron chi connectivity index (χ2n) is 11.2. The SMILES string of the molecule is CCCCCCCCCCCCCCCCCCCCc1ccc(C)c2c(Br)c3ccccc3c(Br)c12. The first-order chi connectivity index (χ1) is 18.1. The molecule has 0 nitrogen and oxygen atoms in total. The van der Waals surface area contributed by atoms with Crippen molar-refractivity contribution in [3.63, 3.8) is 0 Å². The summed E-state index contributed by atoms with van der Waals surface area (Å²) in [5.74, 6) is 0. The van der Waals surface area contributed by atoms with Crippen molar-refractivity contribution in [2.24, 2.45) is 0 Å². The molecule has 0 unspecified atom stereocenters. The molecule has 0 aliphatic rings. The standard InChI is InChI=1S/C35H50Br2/c1-3-4-5-6-7-8-9-10-11-12-13-14-15-16-17-18-19-20-23-29-27-26-28(2)32-33(29)35(37)31-25-22-21-24-30(31)34(32)36/h21-22,24-27H,3-20,23H2,1-2H3. The van der Waals surface area contributed by atoms with Crippen molar-refractivity contribution in [2.45, 2.75) is 136 Å². The number of rotatable bonds is 19. The molecule has 0 aliphatic carbocycles. The maximum atomic E-state index is 3.98. The summed E-state index contributed by atoms with van der Waals surface area (Å²) in [4.78, 5) is 0. The van der Waals surface area contributed by atoms with Gasteiger partial charge in [-0.1, -0.05) is 152 Å². The lowest BCUT2D eigenvalue weighted by atomic mass is 9.93. The Labute approximate surface area is 244 Å². The highest BCUT2D eigenvalue weighted by molar-refractivity contribution is 9.11. The zero-order chi connectivity index (χ0) is 26.3. The topological polar surface area (TPSA) is 0 Å². The van der Waals surface area contributed by atoms with Gasteiger partial charge < -0.3 is 0 Å². The Bertz CT molecular complexity index is 1070. The lowest BCUT2D eigenvalue weighted by molar-refractivity contribution is 0.525. The van der Waals surface area contributed by atoms with E-state index >= 15 is 0 Å². The van der Waals surface area contributed by atoms with E-state index in [0.717, 1.165) is 0 Å². The Morgan fingerprint density at radius 3 is 1.35 bits per heavy atom. The molecule has 0 bridgehead atoms. The molecule has 3 aromatic rings. The monoisotopic (exact) mass is 628 g/mol. The van der Waals surface area contributed by atoms with Crippen LogP contribution in [0.4, 0.5) is 0 Å². The van der Waals surface area contributed by atoms with Gasteiger partial charge in [-0.05, 0) is 73.5 Å². The van der Waals surface area contributed by atoms with Gasteiger partial charge in [-0.2, -0.15) is 0 Å². The van der Waals surface area contributed by atoms with Crippen LogP contribution in [-0.4, -0.2) is 0 Å². The Morgan fingerprint density at radius 1 is 0.486 bits per heavy atom. The van der Waals surface area contributed by atoms with Crippen LogP contribution in [-0.2, 0) is 6.42 Å². The maximum Gasteiger partial charge on any atom is 0.0335 e. The van der Waals surface area contributed by atoms with Gasteiger partial charge in [0.2, 0.25) is 0 Å². The van der Waals surface area contributed by atoms with Crippen LogP contribution >= 0.6 is 31.9 Å². The number of unbranched alkanes of at least 4 members (excludes halogenated alkanes) is 17. The zero-order valence-corrected chi connectivity index (χ0v) is 26.8. The van der Waals surface area contributed by atoms with Gasteiger partial charge in [0.25, 0.3) is 0 Å². The van der Waals surface area contributed by atoms with Gasteiger partial charge in [0.15, 0.2) is 0 Å². The minimum atomic E-state index is 1.17. The van der Waals surface area contributed by atoms with Gasteiger partial charge in [-0.15, -0.1) is 0 Å². The van der Waals surface area contributed by atoms with E-state index in [2.05, 4.69) is 82.1 Å². The van der Waals surface area contributed by atoms with Gasteiger partial charge >= 0.3 is 0 Å². The van der Waals surface area contributed by atoms with Gasteiger partial charge in [0, 0.05) is 19.7 Å². The molecule has 0 saturated carbocycles. The van der Waals surface area contributed by atoms with Gasteiger partial charge in [-0.25, -0.2) is 0 Å². The first-order valence-corrected chi connectivity index (χ1v) is 17.0. The molecule has 0 amide bonds. The number of halogens is 2. The Balaban J connectivity index is 1.27. The molecule has 0 saturated heterocycles. The number of hydrogen-bond donors (Lipinski definition) is 0. The molecule has 204 valence electrons. The first kappa shape index (κ1) is 30.7. The second-order valence-corrected chi connectivity index (χ2v) is 12.8. The summed E-state index contributed by atoms with van der Waals surface area (Å²) in [5.41, 5.74) is 2.82. The van der Waals surface area contributed by atoms with Crippen LogP contribution in [0, 0.1) is 6.92 Å². The van der Waals surface area contributed by atoms with Crippen LogP contribution in [0.25, 0.3) is 21.5 Å². The number of fused-ring (bicyclic) bond motifs is 2. The van der Waals surface area contributed by atoms with Gasteiger partial charge in [0.05, 0.1) is 0 Å². The summed E-state index contributed by atoms with van der Waals surface area (Å²) in [6.07, 6.45) is 26.9. The van der Waals surface area contributed by atoms with Crippen LogP contribution in [0.1, 0.15) is 134 Å². The molecule has 0 N–H and O–H groups in total. The molecule has 0 spiro atoms. The summed E-state index contributed by atoms with van der Waals surface area (Å²) in [7, 11) is 0. The molecule has 2 heteroatoms. The molecule has 37 heavy (non-hydrogen) atoms. The predicted molar refractivity (Wildman–Crippen MR) is 174 cm³/mol. The molecule has 0 fully saturated rings.